The summed E-state index contributed by atoms with van der Waals surface area (Å²) in [6.45, 7) is 7.26. The molecule has 0 atom stereocenters. The molecule has 9 heteroatoms. The van der Waals surface area contributed by atoms with Crippen molar-refractivity contribution in [2.45, 2.75) is 33.7 Å². The zero-order chi connectivity index (χ0) is 16.2. The van der Waals surface area contributed by atoms with Crippen LogP contribution in [0, 0.1) is 17.0 Å². The van der Waals surface area contributed by atoms with Crippen LogP contribution >= 0.6 is 11.6 Å². The summed E-state index contributed by atoms with van der Waals surface area (Å²) in [6.07, 6.45) is 0. The summed E-state index contributed by atoms with van der Waals surface area (Å²) in [7, 11) is 0. The Morgan fingerprint density at radius 1 is 1.48 bits per heavy atom. The molecule has 0 aliphatic carbocycles. The summed E-state index contributed by atoms with van der Waals surface area (Å²) in [6, 6.07) is -0.0121. The molecule has 0 spiro atoms. The van der Waals surface area contributed by atoms with Gasteiger partial charge in [-0.1, -0.05) is 0 Å². The van der Waals surface area contributed by atoms with Crippen LogP contribution in [0.2, 0.25) is 5.28 Å². The minimum Gasteiger partial charge on any atom is -0.352 e. The molecule has 0 unspecified atom stereocenters. The summed E-state index contributed by atoms with van der Waals surface area (Å²) in [4.78, 5) is 31.7. The molecule has 0 saturated carbocycles. The maximum atomic E-state index is 11.8. The molecular weight excluding hydrogens is 298 g/mol. The highest BCUT2D eigenvalue weighted by Gasteiger charge is 2.26. The van der Waals surface area contributed by atoms with E-state index >= 15 is 0 Å². The molecule has 1 N–H and O–H groups in total. The van der Waals surface area contributed by atoms with E-state index in [2.05, 4.69) is 15.3 Å². The lowest BCUT2D eigenvalue weighted by Gasteiger charge is -2.22. The van der Waals surface area contributed by atoms with Crippen molar-refractivity contribution >= 4 is 29.0 Å². The molecule has 116 valence electrons. The molecule has 8 nitrogen and oxygen atoms in total. The minimum atomic E-state index is -0.565. The van der Waals surface area contributed by atoms with Crippen molar-refractivity contribution in [1.29, 1.82) is 0 Å². The van der Waals surface area contributed by atoms with Gasteiger partial charge in [0.15, 0.2) is 0 Å². The SMILES string of the molecule is CCN(CC(=O)NC(C)C)c1nc(Cl)nc(C)c1[N+](=O)[O-]. The Balaban J connectivity index is 3.16. The third-order valence-electron chi connectivity index (χ3n) is 2.66. The molecule has 1 amide bonds. The second-order valence-electron chi connectivity index (χ2n) is 4.74. The van der Waals surface area contributed by atoms with E-state index in [0.29, 0.717) is 6.54 Å². The van der Waals surface area contributed by atoms with E-state index in [4.69, 9.17) is 11.6 Å². The third-order valence-corrected chi connectivity index (χ3v) is 2.83. The molecule has 21 heavy (non-hydrogen) atoms. The van der Waals surface area contributed by atoms with E-state index in [-0.39, 0.29) is 41.0 Å². The van der Waals surface area contributed by atoms with Gasteiger partial charge in [-0.2, -0.15) is 4.98 Å². The highest BCUT2D eigenvalue weighted by molar-refractivity contribution is 6.28. The van der Waals surface area contributed by atoms with Crippen LogP contribution in [0.3, 0.4) is 0 Å². The number of carbonyl (C=O) groups excluding carboxylic acids is 1. The first-order chi connectivity index (χ1) is 9.76. The quantitative estimate of drug-likeness (QED) is 0.487. The van der Waals surface area contributed by atoms with Crippen LogP contribution in [-0.4, -0.2) is 39.9 Å². The molecule has 0 saturated heterocycles. The Morgan fingerprint density at radius 3 is 2.57 bits per heavy atom. The van der Waals surface area contributed by atoms with Gasteiger partial charge < -0.3 is 10.2 Å². The van der Waals surface area contributed by atoms with Gasteiger partial charge >= 0.3 is 5.69 Å². The van der Waals surface area contributed by atoms with Gasteiger partial charge in [0.2, 0.25) is 17.0 Å². The number of halogens is 1. The average Bonchev–Trinajstić information content (AvgIpc) is 2.33. The number of amides is 1. The number of anilines is 1. The Bertz CT molecular complexity index is 550. The maximum absolute atomic E-state index is 11.8. The second kappa shape index (κ2) is 7.16. The number of nitrogens with zero attached hydrogens (tertiary/aromatic N) is 4. The van der Waals surface area contributed by atoms with Gasteiger partial charge in [0.25, 0.3) is 0 Å². The van der Waals surface area contributed by atoms with E-state index in [9.17, 15) is 14.9 Å². The van der Waals surface area contributed by atoms with Crippen molar-refractivity contribution in [3.8, 4) is 0 Å². The Hall–Kier alpha value is -1.96. The number of rotatable bonds is 6. The van der Waals surface area contributed by atoms with Crippen molar-refractivity contribution in [2.75, 3.05) is 18.0 Å². The normalized spacial score (nSPS) is 10.6. The molecule has 1 heterocycles. The fraction of sp³-hybridized carbons (Fsp3) is 0.583. The predicted octanol–water partition coefficient (Wildman–Crippen LogP) is 1.70. The average molecular weight is 316 g/mol. The number of hydrogen-bond acceptors (Lipinski definition) is 6. The van der Waals surface area contributed by atoms with Crippen molar-refractivity contribution in [3.05, 3.63) is 21.1 Å². The Morgan fingerprint density at radius 2 is 2.10 bits per heavy atom. The number of nitro groups is 1. The van der Waals surface area contributed by atoms with Crippen molar-refractivity contribution < 1.29 is 9.72 Å². The molecule has 0 aromatic carbocycles. The summed E-state index contributed by atoms with van der Waals surface area (Å²) in [5.41, 5.74) is -0.0729. The number of likely N-dealkylation sites (N-methyl/N-ethyl adjacent to an activating group) is 1. The van der Waals surface area contributed by atoms with Crippen LogP contribution in [0.5, 0.6) is 0 Å². The maximum Gasteiger partial charge on any atom is 0.332 e. The van der Waals surface area contributed by atoms with E-state index < -0.39 is 4.92 Å². The first kappa shape index (κ1) is 17.1. The monoisotopic (exact) mass is 315 g/mol. The number of carbonyl (C=O) groups is 1. The first-order valence-electron chi connectivity index (χ1n) is 6.49. The van der Waals surface area contributed by atoms with Gasteiger partial charge in [-0.3, -0.25) is 14.9 Å². The minimum absolute atomic E-state index is 0.0121. The van der Waals surface area contributed by atoms with Crippen molar-refractivity contribution in [3.63, 3.8) is 0 Å². The lowest BCUT2D eigenvalue weighted by atomic mass is 10.3. The van der Waals surface area contributed by atoms with Crippen LogP contribution in [0.15, 0.2) is 0 Å². The van der Waals surface area contributed by atoms with Gasteiger partial charge in [-0.25, -0.2) is 4.98 Å². The number of aromatic nitrogens is 2. The summed E-state index contributed by atoms with van der Waals surface area (Å²) >= 11 is 5.78. The van der Waals surface area contributed by atoms with E-state index in [1.807, 2.05) is 13.8 Å². The molecule has 0 aliphatic rings. The lowest BCUT2D eigenvalue weighted by Crippen LogP contribution is -2.40. The number of aryl methyl sites for hydroxylation is 1. The Kier molecular flexibility index (Phi) is 5.83. The highest BCUT2D eigenvalue weighted by atomic mass is 35.5. The lowest BCUT2D eigenvalue weighted by molar-refractivity contribution is -0.385. The van der Waals surface area contributed by atoms with Gasteiger partial charge in [0.1, 0.15) is 5.69 Å². The summed E-state index contributed by atoms with van der Waals surface area (Å²) in [5.74, 6) is -0.188. The van der Waals surface area contributed by atoms with E-state index in [1.165, 1.54) is 11.8 Å². The topological polar surface area (TPSA) is 101 Å². The zero-order valence-corrected chi connectivity index (χ0v) is 13.1. The molecular formula is C12H18ClN5O3. The molecule has 0 bridgehead atoms. The van der Waals surface area contributed by atoms with Gasteiger partial charge in [0.05, 0.1) is 11.5 Å². The number of nitrogens with one attached hydrogen (secondary N) is 1. The van der Waals surface area contributed by atoms with Crippen LogP contribution in [-0.2, 0) is 4.79 Å². The predicted molar refractivity (Wildman–Crippen MR) is 79.6 cm³/mol. The van der Waals surface area contributed by atoms with Crippen molar-refractivity contribution in [1.82, 2.24) is 15.3 Å². The molecule has 1 aromatic rings. The first-order valence-corrected chi connectivity index (χ1v) is 6.86. The number of hydrogen-bond donors (Lipinski definition) is 1. The molecule has 1 rings (SSSR count). The van der Waals surface area contributed by atoms with E-state index in [1.54, 1.807) is 6.92 Å². The standard InChI is InChI=1S/C12H18ClN5O3/c1-5-17(6-9(19)14-7(2)3)11-10(18(20)21)8(4)15-12(13)16-11/h7H,5-6H2,1-4H3,(H,14,19). The van der Waals surface area contributed by atoms with E-state index in [0.717, 1.165) is 0 Å². The summed E-state index contributed by atoms with van der Waals surface area (Å²) in [5, 5.41) is 13.8. The molecule has 1 aromatic heterocycles. The molecule has 0 fully saturated rings. The third kappa shape index (κ3) is 4.52. The second-order valence-corrected chi connectivity index (χ2v) is 5.08. The molecule has 0 aliphatic heterocycles. The van der Waals surface area contributed by atoms with Crippen LogP contribution in [0.1, 0.15) is 26.5 Å². The Labute approximate surface area is 127 Å². The zero-order valence-electron chi connectivity index (χ0n) is 12.4. The molecule has 0 radical (unpaired) electrons. The highest BCUT2D eigenvalue weighted by Crippen LogP contribution is 2.29. The van der Waals surface area contributed by atoms with Gasteiger partial charge in [-0.15, -0.1) is 0 Å². The van der Waals surface area contributed by atoms with Crippen LogP contribution in [0.4, 0.5) is 11.5 Å². The smallest absolute Gasteiger partial charge is 0.332 e. The van der Waals surface area contributed by atoms with Gasteiger partial charge in [0, 0.05) is 12.6 Å². The van der Waals surface area contributed by atoms with Crippen molar-refractivity contribution in [2.24, 2.45) is 0 Å². The van der Waals surface area contributed by atoms with Crippen LogP contribution in [0.25, 0.3) is 0 Å². The fourth-order valence-corrected chi connectivity index (χ4v) is 2.04. The largest absolute Gasteiger partial charge is 0.352 e. The van der Waals surface area contributed by atoms with Gasteiger partial charge in [-0.05, 0) is 39.3 Å². The fourth-order valence-electron chi connectivity index (χ4n) is 1.83. The summed E-state index contributed by atoms with van der Waals surface area (Å²) < 4.78 is 0. The van der Waals surface area contributed by atoms with Crippen LogP contribution < -0.4 is 10.2 Å².